The normalized spacial score (nSPS) is 30.4. The van der Waals surface area contributed by atoms with E-state index in [1.165, 1.54) is 0 Å². The lowest BCUT2D eigenvalue weighted by Gasteiger charge is -2.26. The van der Waals surface area contributed by atoms with Gasteiger partial charge in [-0.2, -0.15) is 0 Å². The Hall–Kier alpha value is -0.650. The molecular formula is C12H22N2O3. The number of aliphatic hydroxyl groups is 1. The zero-order valence-electron chi connectivity index (χ0n) is 10.2. The number of hydrogen-bond acceptors (Lipinski definition) is 4. The van der Waals surface area contributed by atoms with E-state index in [1.54, 1.807) is 0 Å². The Labute approximate surface area is 102 Å². The van der Waals surface area contributed by atoms with E-state index >= 15 is 0 Å². The molecular weight excluding hydrogens is 220 g/mol. The molecule has 5 nitrogen and oxygen atoms in total. The van der Waals surface area contributed by atoms with Gasteiger partial charge < -0.3 is 15.2 Å². The standard InChI is InChI=1S/C12H22N2O3/c15-11-3-1-2-10(11)8-13-12(16)9-14-4-6-17-7-5-14/h10-11,15H,1-9H2,(H,13,16). The van der Waals surface area contributed by atoms with Crippen molar-refractivity contribution in [1.29, 1.82) is 0 Å². The van der Waals surface area contributed by atoms with Crippen molar-refractivity contribution in [3.8, 4) is 0 Å². The minimum Gasteiger partial charge on any atom is -0.393 e. The van der Waals surface area contributed by atoms with Gasteiger partial charge in [-0.1, -0.05) is 6.42 Å². The quantitative estimate of drug-likeness (QED) is 0.704. The molecule has 0 aromatic heterocycles. The largest absolute Gasteiger partial charge is 0.393 e. The van der Waals surface area contributed by atoms with Crippen LogP contribution in [0.1, 0.15) is 19.3 Å². The third-order valence-corrected chi connectivity index (χ3v) is 3.65. The van der Waals surface area contributed by atoms with Crippen LogP contribution in [0.25, 0.3) is 0 Å². The highest BCUT2D eigenvalue weighted by molar-refractivity contribution is 5.78. The molecule has 17 heavy (non-hydrogen) atoms. The first-order valence-corrected chi connectivity index (χ1v) is 6.50. The van der Waals surface area contributed by atoms with E-state index < -0.39 is 0 Å². The summed E-state index contributed by atoms with van der Waals surface area (Å²) in [6.45, 7) is 4.17. The minimum absolute atomic E-state index is 0.0611. The molecule has 2 unspecified atom stereocenters. The van der Waals surface area contributed by atoms with Gasteiger partial charge >= 0.3 is 0 Å². The van der Waals surface area contributed by atoms with Crippen molar-refractivity contribution in [2.75, 3.05) is 39.4 Å². The zero-order chi connectivity index (χ0) is 12.1. The van der Waals surface area contributed by atoms with Gasteiger partial charge in [-0.15, -0.1) is 0 Å². The summed E-state index contributed by atoms with van der Waals surface area (Å²) >= 11 is 0. The molecule has 0 aromatic rings. The maximum Gasteiger partial charge on any atom is 0.234 e. The fraction of sp³-hybridized carbons (Fsp3) is 0.917. The Morgan fingerprint density at radius 1 is 1.35 bits per heavy atom. The zero-order valence-corrected chi connectivity index (χ0v) is 10.2. The number of aliphatic hydroxyl groups excluding tert-OH is 1. The molecule has 5 heteroatoms. The highest BCUT2D eigenvalue weighted by atomic mass is 16.5. The summed E-state index contributed by atoms with van der Waals surface area (Å²) in [5.74, 6) is 0.314. The third kappa shape index (κ3) is 3.94. The highest BCUT2D eigenvalue weighted by Crippen LogP contribution is 2.24. The van der Waals surface area contributed by atoms with Crippen LogP contribution in [0.5, 0.6) is 0 Å². The molecule has 98 valence electrons. The molecule has 0 bridgehead atoms. The Morgan fingerprint density at radius 3 is 2.76 bits per heavy atom. The molecule has 0 radical (unpaired) electrons. The fourth-order valence-electron chi connectivity index (χ4n) is 2.52. The number of carbonyl (C=O) groups is 1. The molecule has 2 atom stereocenters. The average Bonchev–Trinajstić information content (AvgIpc) is 2.74. The lowest BCUT2D eigenvalue weighted by molar-refractivity contribution is -0.123. The number of nitrogens with one attached hydrogen (secondary N) is 1. The van der Waals surface area contributed by atoms with Crippen molar-refractivity contribution in [3.63, 3.8) is 0 Å². The van der Waals surface area contributed by atoms with E-state index in [4.69, 9.17) is 4.74 Å². The first-order chi connectivity index (χ1) is 8.25. The number of hydrogen-bond donors (Lipinski definition) is 2. The molecule has 1 heterocycles. The first-order valence-electron chi connectivity index (χ1n) is 6.50. The van der Waals surface area contributed by atoms with Crippen molar-refractivity contribution in [1.82, 2.24) is 10.2 Å². The predicted molar refractivity (Wildman–Crippen MR) is 63.6 cm³/mol. The average molecular weight is 242 g/mol. The molecule has 1 aliphatic carbocycles. The van der Waals surface area contributed by atoms with Gasteiger partial charge in [0.1, 0.15) is 0 Å². The molecule has 1 amide bonds. The van der Waals surface area contributed by atoms with Gasteiger partial charge in [-0.05, 0) is 12.8 Å². The van der Waals surface area contributed by atoms with Crippen LogP contribution < -0.4 is 5.32 Å². The maximum absolute atomic E-state index is 11.7. The van der Waals surface area contributed by atoms with Crippen LogP contribution in [-0.4, -0.2) is 61.4 Å². The van der Waals surface area contributed by atoms with Gasteiger partial charge in [0.15, 0.2) is 0 Å². The van der Waals surface area contributed by atoms with Crippen LogP contribution in [0.2, 0.25) is 0 Å². The van der Waals surface area contributed by atoms with Gasteiger partial charge in [0.05, 0.1) is 25.9 Å². The van der Waals surface area contributed by atoms with E-state index in [1.807, 2.05) is 0 Å². The maximum atomic E-state index is 11.7. The van der Waals surface area contributed by atoms with Crippen LogP contribution >= 0.6 is 0 Å². The van der Waals surface area contributed by atoms with Gasteiger partial charge in [-0.3, -0.25) is 9.69 Å². The van der Waals surface area contributed by atoms with Gasteiger partial charge in [0.2, 0.25) is 5.91 Å². The molecule has 2 rings (SSSR count). The Kier molecular flexibility index (Phi) is 4.76. The number of ether oxygens (including phenoxy) is 1. The van der Waals surface area contributed by atoms with E-state index in [9.17, 15) is 9.90 Å². The molecule has 2 fully saturated rings. The second-order valence-electron chi connectivity index (χ2n) is 4.95. The number of carbonyl (C=O) groups excluding carboxylic acids is 1. The summed E-state index contributed by atoms with van der Waals surface area (Å²) < 4.78 is 5.23. The minimum atomic E-state index is -0.223. The monoisotopic (exact) mass is 242 g/mol. The van der Waals surface area contributed by atoms with E-state index in [0.29, 0.717) is 26.3 Å². The Balaban J connectivity index is 1.63. The third-order valence-electron chi connectivity index (χ3n) is 3.65. The first kappa shape index (κ1) is 12.8. The van der Waals surface area contributed by atoms with Crippen molar-refractivity contribution in [3.05, 3.63) is 0 Å². The summed E-state index contributed by atoms with van der Waals surface area (Å²) in [7, 11) is 0. The van der Waals surface area contributed by atoms with Crippen LogP contribution in [0.3, 0.4) is 0 Å². The lowest BCUT2D eigenvalue weighted by atomic mass is 10.1. The molecule has 1 saturated heterocycles. The second-order valence-corrected chi connectivity index (χ2v) is 4.95. The van der Waals surface area contributed by atoms with Gasteiger partial charge in [0.25, 0.3) is 0 Å². The summed E-state index contributed by atoms with van der Waals surface area (Å²) in [4.78, 5) is 13.8. The van der Waals surface area contributed by atoms with Crippen molar-refractivity contribution in [2.45, 2.75) is 25.4 Å². The summed E-state index contributed by atoms with van der Waals surface area (Å²) in [5.41, 5.74) is 0. The van der Waals surface area contributed by atoms with E-state index in [-0.39, 0.29) is 17.9 Å². The molecule has 1 saturated carbocycles. The fourth-order valence-corrected chi connectivity index (χ4v) is 2.52. The molecule has 2 N–H and O–H groups in total. The molecule has 0 spiro atoms. The molecule has 1 aliphatic heterocycles. The van der Waals surface area contributed by atoms with Crippen LogP contribution in [0, 0.1) is 5.92 Å². The summed E-state index contributed by atoms with van der Waals surface area (Å²) in [5, 5.41) is 12.6. The van der Waals surface area contributed by atoms with Crippen LogP contribution in [-0.2, 0) is 9.53 Å². The molecule has 2 aliphatic rings. The summed E-state index contributed by atoms with van der Waals surface area (Å²) in [6, 6.07) is 0. The Morgan fingerprint density at radius 2 is 2.12 bits per heavy atom. The number of rotatable bonds is 4. The van der Waals surface area contributed by atoms with Crippen molar-refractivity contribution < 1.29 is 14.6 Å². The predicted octanol–water partition coefficient (Wildman–Crippen LogP) is -0.404. The summed E-state index contributed by atoms with van der Waals surface area (Å²) in [6.07, 6.45) is 2.76. The Bertz CT molecular complexity index is 254. The number of amides is 1. The van der Waals surface area contributed by atoms with Crippen LogP contribution in [0.15, 0.2) is 0 Å². The second kappa shape index (κ2) is 6.33. The van der Waals surface area contributed by atoms with E-state index in [2.05, 4.69) is 10.2 Å². The topological polar surface area (TPSA) is 61.8 Å². The van der Waals surface area contributed by atoms with Crippen molar-refractivity contribution in [2.24, 2.45) is 5.92 Å². The van der Waals surface area contributed by atoms with Gasteiger partial charge in [-0.25, -0.2) is 0 Å². The number of morpholine rings is 1. The van der Waals surface area contributed by atoms with Gasteiger partial charge in [0, 0.05) is 25.6 Å². The van der Waals surface area contributed by atoms with E-state index in [0.717, 1.165) is 32.4 Å². The molecule has 0 aromatic carbocycles. The van der Waals surface area contributed by atoms with Crippen LogP contribution in [0.4, 0.5) is 0 Å². The number of nitrogens with zero attached hydrogens (tertiary/aromatic N) is 1. The van der Waals surface area contributed by atoms with Crippen molar-refractivity contribution >= 4 is 5.91 Å². The highest BCUT2D eigenvalue weighted by Gasteiger charge is 2.25. The lowest BCUT2D eigenvalue weighted by Crippen LogP contribution is -2.44. The smallest absolute Gasteiger partial charge is 0.234 e. The SMILES string of the molecule is O=C(CN1CCOCC1)NCC1CCCC1O.